The fraction of sp³-hybridized carbons (Fsp3) is 0. The number of nitrogens with zero attached hydrogens (tertiary/aromatic N) is 4. The molecule has 0 saturated carbocycles. The Labute approximate surface area is 62.1 Å². The number of hydrogen-bond donors (Lipinski definition) is 0. The van der Waals surface area contributed by atoms with Crippen LogP contribution in [0.5, 0.6) is 0 Å². The fourth-order valence-corrected chi connectivity index (χ4v) is 0.489. The van der Waals surface area contributed by atoms with Crippen LogP contribution in [0.25, 0.3) is 0 Å². The molecule has 0 aliphatic rings. The molecule has 0 aromatic carbocycles. The Hall–Kier alpha value is -2.05. The minimum Gasteiger partial charge on any atom is -0.225 e. The summed E-state index contributed by atoms with van der Waals surface area (Å²) in [5.41, 5.74) is 0.291. The van der Waals surface area contributed by atoms with Crippen LogP contribution in [0, 0.1) is 11.3 Å². The summed E-state index contributed by atoms with van der Waals surface area (Å²) in [5.74, 6) is 0.0508. The second-order valence-electron chi connectivity index (χ2n) is 1.58. The minimum absolute atomic E-state index is 0.0508. The van der Waals surface area contributed by atoms with Crippen LogP contribution >= 0.6 is 0 Å². The molecule has 5 heteroatoms. The van der Waals surface area contributed by atoms with E-state index in [2.05, 4.69) is 15.0 Å². The molecule has 0 bridgehead atoms. The first-order valence-corrected chi connectivity index (χ1v) is 2.67. The molecule has 0 amide bonds. The van der Waals surface area contributed by atoms with E-state index in [4.69, 9.17) is 5.26 Å². The number of aliphatic imine (C=N–C) groups is 1. The lowest BCUT2D eigenvalue weighted by Gasteiger charge is -1.86. The Morgan fingerprint density at radius 2 is 2.09 bits per heavy atom. The number of carbonyl (C=O) groups excluding carboxylic acids is 1. The number of isocyanates is 1. The van der Waals surface area contributed by atoms with Gasteiger partial charge in [-0.25, -0.2) is 14.8 Å². The van der Waals surface area contributed by atoms with Gasteiger partial charge in [0, 0.05) is 0 Å². The maximum Gasteiger partial charge on any atom is 0.240 e. The smallest absolute Gasteiger partial charge is 0.225 e. The molecule has 0 aliphatic heterocycles. The van der Waals surface area contributed by atoms with E-state index in [0.29, 0.717) is 5.69 Å². The summed E-state index contributed by atoms with van der Waals surface area (Å²) in [6.07, 6.45) is 3.88. The van der Waals surface area contributed by atoms with Crippen molar-refractivity contribution in [3.63, 3.8) is 0 Å². The van der Waals surface area contributed by atoms with Crippen molar-refractivity contribution in [3.05, 3.63) is 18.2 Å². The van der Waals surface area contributed by atoms with E-state index in [9.17, 15) is 4.79 Å². The van der Waals surface area contributed by atoms with Crippen LogP contribution in [-0.4, -0.2) is 16.0 Å². The van der Waals surface area contributed by atoms with Gasteiger partial charge in [-0.3, -0.25) is 0 Å². The predicted molar refractivity (Wildman–Crippen MR) is 34.5 cm³/mol. The van der Waals surface area contributed by atoms with Gasteiger partial charge in [0.15, 0.2) is 0 Å². The summed E-state index contributed by atoms with van der Waals surface area (Å²) < 4.78 is 0. The van der Waals surface area contributed by atoms with E-state index in [0.717, 1.165) is 0 Å². The maximum atomic E-state index is 9.72. The zero-order chi connectivity index (χ0) is 8.10. The Kier molecular flexibility index (Phi) is 2.06. The molecule has 0 atom stereocenters. The second-order valence-corrected chi connectivity index (χ2v) is 1.58. The van der Waals surface area contributed by atoms with Crippen molar-refractivity contribution in [2.45, 2.75) is 0 Å². The van der Waals surface area contributed by atoms with Crippen molar-refractivity contribution in [1.82, 2.24) is 9.97 Å². The van der Waals surface area contributed by atoms with Gasteiger partial charge in [-0.15, -0.1) is 0 Å². The van der Waals surface area contributed by atoms with Crippen LogP contribution in [0.15, 0.2) is 17.4 Å². The summed E-state index contributed by atoms with van der Waals surface area (Å²) in [6.45, 7) is 0. The molecule has 11 heavy (non-hydrogen) atoms. The monoisotopic (exact) mass is 146 g/mol. The summed E-state index contributed by atoms with van der Waals surface area (Å²) in [7, 11) is 0. The minimum atomic E-state index is 0.0508. The summed E-state index contributed by atoms with van der Waals surface area (Å²) >= 11 is 0. The van der Waals surface area contributed by atoms with Gasteiger partial charge in [-0.1, -0.05) is 0 Å². The van der Waals surface area contributed by atoms with Gasteiger partial charge in [-0.2, -0.15) is 10.3 Å². The molecule has 0 spiro atoms. The number of aromatic nitrogens is 2. The van der Waals surface area contributed by atoms with Crippen LogP contribution in [0.4, 0.5) is 5.69 Å². The molecule has 52 valence electrons. The van der Waals surface area contributed by atoms with Crippen LogP contribution < -0.4 is 0 Å². The first-order chi connectivity index (χ1) is 5.36. The summed E-state index contributed by atoms with van der Waals surface area (Å²) in [6, 6.07) is 1.73. The van der Waals surface area contributed by atoms with Crippen molar-refractivity contribution in [1.29, 1.82) is 5.26 Å². The molecule has 0 radical (unpaired) electrons. The van der Waals surface area contributed by atoms with Crippen LogP contribution in [0.3, 0.4) is 0 Å². The van der Waals surface area contributed by atoms with Gasteiger partial charge in [0.25, 0.3) is 0 Å². The zero-order valence-electron chi connectivity index (χ0n) is 5.35. The van der Waals surface area contributed by atoms with Crippen LogP contribution in [-0.2, 0) is 4.79 Å². The highest BCUT2D eigenvalue weighted by Gasteiger charge is 1.92. The lowest BCUT2D eigenvalue weighted by atomic mass is 10.5. The number of rotatable bonds is 1. The summed E-state index contributed by atoms with van der Waals surface area (Å²) in [5, 5.41) is 8.28. The van der Waals surface area contributed by atoms with Crippen LogP contribution in [0.2, 0.25) is 0 Å². The fourth-order valence-electron chi connectivity index (χ4n) is 0.489. The van der Waals surface area contributed by atoms with E-state index in [1.165, 1.54) is 18.5 Å². The molecule has 0 fully saturated rings. The van der Waals surface area contributed by atoms with Gasteiger partial charge in [-0.05, 0) is 0 Å². The molecule has 1 aromatic heterocycles. The van der Waals surface area contributed by atoms with E-state index in [1.807, 2.05) is 0 Å². The van der Waals surface area contributed by atoms with E-state index in [-0.39, 0.29) is 5.82 Å². The molecule has 0 unspecified atom stereocenters. The molecular weight excluding hydrogens is 144 g/mol. The highest BCUT2D eigenvalue weighted by Crippen LogP contribution is 2.04. The van der Waals surface area contributed by atoms with E-state index < -0.39 is 0 Å². The van der Waals surface area contributed by atoms with Gasteiger partial charge >= 0.3 is 0 Å². The SMILES string of the molecule is N#Cc1ncc(N=C=O)cn1. The maximum absolute atomic E-state index is 9.72. The molecule has 5 nitrogen and oxygen atoms in total. The first kappa shape index (κ1) is 7.06. The largest absolute Gasteiger partial charge is 0.240 e. The van der Waals surface area contributed by atoms with Crippen LogP contribution in [0.1, 0.15) is 5.82 Å². The Morgan fingerprint density at radius 1 is 1.45 bits per heavy atom. The van der Waals surface area contributed by atoms with Crippen molar-refractivity contribution < 1.29 is 4.79 Å². The number of nitriles is 1. The molecule has 1 heterocycles. The summed E-state index contributed by atoms with van der Waals surface area (Å²) in [4.78, 5) is 20.1. The second kappa shape index (κ2) is 3.20. The Bertz CT molecular complexity index is 331. The van der Waals surface area contributed by atoms with E-state index in [1.54, 1.807) is 6.07 Å². The third-order valence-electron chi connectivity index (χ3n) is 0.913. The lowest BCUT2D eigenvalue weighted by Crippen LogP contribution is -1.84. The van der Waals surface area contributed by atoms with Gasteiger partial charge in [0.05, 0.1) is 12.4 Å². The Morgan fingerprint density at radius 3 is 2.55 bits per heavy atom. The third-order valence-corrected chi connectivity index (χ3v) is 0.913. The quantitative estimate of drug-likeness (QED) is 0.422. The van der Waals surface area contributed by atoms with Crippen molar-refractivity contribution in [2.75, 3.05) is 0 Å². The first-order valence-electron chi connectivity index (χ1n) is 2.67. The van der Waals surface area contributed by atoms with Gasteiger partial charge in [0.1, 0.15) is 11.8 Å². The molecule has 0 N–H and O–H groups in total. The topological polar surface area (TPSA) is 79.0 Å². The highest BCUT2D eigenvalue weighted by atomic mass is 16.1. The molecule has 1 aromatic rings. The van der Waals surface area contributed by atoms with E-state index >= 15 is 0 Å². The molecule has 0 saturated heterocycles. The van der Waals surface area contributed by atoms with Gasteiger partial charge in [0.2, 0.25) is 11.9 Å². The third kappa shape index (κ3) is 1.68. The Balaban J connectivity index is 3.02. The normalized spacial score (nSPS) is 7.91. The molecular formula is C6H2N4O. The van der Waals surface area contributed by atoms with Crippen molar-refractivity contribution in [2.24, 2.45) is 4.99 Å². The zero-order valence-corrected chi connectivity index (χ0v) is 5.35. The highest BCUT2D eigenvalue weighted by molar-refractivity contribution is 5.46. The standard InChI is InChI=1S/C6H2N4O/c7-1-6-8-2-5(3-9-6)10-4-11/h2-3H. The average Bonchev–Trinajstić information content (AvgIpc) is 2.07. The lowest BCUT2D eigenvalue weighted by molar-refractivity contribution is 0.565. The van der Waals surface area contributed by atoms with Crippen molar-refractivity contribution >= 4 is 11.8 Å². The molecule has 1 rings (SSSR count). The number of hydrogen-bond acceptors (Lipinski definition) is 5. The predicted octanol–water partition coefficient (Wildman–Crippen LogP) is 0.316. The van der Waals surface area contributed by atoms with Crippen molar-refractivity contribution in [3.8, 4) is 6.07 Å². The average molecular weight is 146 g/mol. The van der Waals surface area contributed by atoms with Gasteiger partial charge < -0.3 is 0 Å². The molecule has 0 aliphatic carbocycles.